The lowest BCUT2D eigenvalue weighted by Gasteiger charge is -2.20. The van der Waals surface area contributed by atoms with Gasteiger partial charge in [0.25, 0.3) is 0 Å². The van der Waals surface area contributed by atoms with Gasteiger partial charge >= 0.3 is 0 Å². The van der Waals surface area contributed by atoms with Crippen LogP contribution in [-0.4, -0.2) is 18.2 Å². The summed E-state index contributed by atoms with van der Waals surface area (Å²) in [6.07, 6.45) is 1.01. The van der Waals surface area contributed by atoms with Gasteiger partial charge in [-0.2, -0.15) is 0 Å². The molecular formula is C11H14Cl2N2O. The zero-order chi connectivity index (χ0) is 11.7. The smallest absolute Gasteiger partial charge is 0.121 e. The first kappa shape index (κ1) is 12.0. The first-order valence-electron chi connectivity index (χ1n) is 5.24. The van der Waals surface area contributed by atoms with Crippen LogP contribution in [-0.2, 0) is 0 Å². The van der Waals surface area contributed by atoms with Crippen molar-refractivity contribution in [2.45, 2.75) is 12.5 Å². The van der Waals surface area contributed by atoms with E-state index in [2.05, 4.69) is 5.32 Å². The van der Waals surface area contributed by atoms with E-state index in [9.17, 15) is 5.11 Å². The molecule has 1 saturated heterocycles. The molecule has 1 heterocycles. The molecule has 0 unspecified atom stereocenters. The molecule has 0 spiro atoms. The Labute approximate surface area is 105 Å². The molecule has 0 saturated carbocycles. The fourth-order valence-electron chi connectivity index (χ4n) is 2.06. The topological polar surface area (TPSA) is 58.3 Å². The Morgan fingerprint density at radius 2 is 2.06 bits per heavy atom. The predicted molar refractivity (Wildman–Crippen MR) is 66.0 cm³/mol. The van der Waals surface area contributed by atoms with Crippen molar-refractivity contribution in [3.63, 3.8) is 0 Å². The molecule has 16 heavy (non-hydrogen) atoms. The van der Waals surface area contributed by atoms with E-state index in [0.29, 0.717) is 21.5 Å². The molecule has 0 radical (unpaired) electrons. The van der Waals surface area contributed by atoms with Gasteiger partial charge in [-0.15, -0.1) is 0 Å². The van der Waals surface area contributed by atoms with Crippen LogP contribution in [0.5, 0.6) is 5.75 Å². The summed E-state index contributed by atoms with van der Waals surface area (Å²) in [7, 11) is 0. The first-order chi connectivity index (χ1) is 7.59. The highest BCUT2D eigenvalue weighted by atomic mass is 35.5. The second-order valence-electron chi connectivity index (χ2n) is 4.10. The Hall–Kier alpha value is -0.480. The number of rotatable bonds is 2. The van der Waals surface area contributed by atoms with Gasteiger partial charge in [-0.3, -0.25) is 0 Å². The van der Waals surface area contributed by atoms with Gasteiger partial charge < -0.3 is 16.2 Å². The highest BCUT2D eigenvalue weighted by Crippen LogP contribution is 2.36. The van der Waals surface area contributed by atoms with E-state index in [1.807, 2.05) is 0 Å². The Balaban J connectivity index is 2.28. The van der Waals surface area contributed by atoms with E-state index in [1.54, 1.807) is 6.07 Å². The van der Waals surface area contributed by atoms with Crippen molar-refractivity contribution in [1.29, 1.82) is 0 Å². The lowest BCUT2D eigenvalue weighted by atomic mass is 9.92. The average Bonchev–Trinajstić information content (AvgIpc) is 2.75. The minimum absolute atomic E-state index is 0.119. The summed E-state index contributed by atoms with van der Waals surface area (Å²) >= 11 is 11.7. The van der Waals surface area contributed by atoms with Crippen LogP contribution in [0.3, 0.4) is 0 Å². The van der Waals surface area contributed by atoms with Crippen molar-refractivity contribution in [1.82, 2.24) is 5.32 Å². The van der Waals surface area contributed by atoms with Gasteiger partial charge in [-0.1, -0.05) is 23.2 Å². The Morgan fingerprint density at radius 3 is 2.69 bits per heavy atom. The van der Waals surface area contributed by atoms with Gasteiger partial charge in [0, 0.05) is 17.7 Å². The lowest BCUT2D eigenvalue weighted by Crippen LogP contribution is -2.23. The molecule has 1 aliphatic rings. The van der Waals surface area contributed by atoms with Crippen LogP contribution >= 0.6 is 23.2 Å². The zero-order valence-corrected chi connectivity index (χ0v) is 10.2. The molecule has 1 aromatic carbocycles. The van der Waals surface area contributed by atoms with E-state index in [4.69, 9.17) is 28.9 Å². The maximum Gasteiger partial charge on any atom is 0.121 e. The van der Waals surface area contributed by atoms with E-state index in [-0.39, 0.29) is 11.8 Å². The van der Waals surface area contributed by atoms with E-state index in [1.165, 1.54) is 6.07 Å². The summed E-state index contributed by atoms with van der Waals surface area (Å²) in [6, 6.07) is 2.90. The fourth-order valence-corrected chi connectivity index (χ4v) is 2.39. The van der Waals surface area contributed by atoms with E-state index < -0.39 is 0 Å². The van der Waals surface area contributed by atoms with Crippen molar-refractivity contribution in [3.8, 4) is 5.75 Å². The highest BCUT2D eigenvalue weighted by Gasteiger charge is 2.25. The van der Waals surface area contributed by atoms with Crippen LogP contribution in [0.15, 0.2) is 12.1 Å². The maximum atomic E-state index is 9.80. The molecule has 0 bridgehead atoms. The zero-order valence-electron chi connectivity index (χ0n) is 8.71. The number of benzene rings is 1. The minimum Gasteiger partial charge on any atom is -0.508 e. The third kappa shape index (κ3) is 2.28. The first-order valence-corrected chi connectivity index (χ1v) is 5.99. The number of aromatic hydroxyl groups is 1. The molecule has 4 N–H and O–H groups in total. The van der Waals surface area contributed by atoms with Gasteiger partial charge in [-0.25, -0.2) is 0 Å². The van der Waals surface area contributed by atoms with Gasteiger partial charge in [0.2, 0.25) is 0 Å². The minimum atomic E-state index is -0.204. The molecule has 0 aliphatic carbocycles. The number of phenolic OH excluding ortho intramolecular Hbond substituents is 1. The Kier molecular flexibility index (Phi) is 3.60. The molecule has 5 heteroatoms. The molecule has 1 aromatic rings. The third-order valence-electron chi connectivity index (χ3n) is 3.04. The third-order valence-corrected chi connectivity index (χ3v) is 3.76. The number of halogens is 2. The van der Waals surface area contributed by atoms with Crippen molar-refractivity contribution in [3.05, 3.63) is 27.7 Å². The molecule has 1 aliphatic heterocycles. The summed E-state index contributed by atoms with van der Waals surface area (Å²) in [5, 5.41) is 13.8. The molecule has 2 rings (SSSR count). The van der Waals surface area contributed by atoms with Crippen LogP contribution < -0.4 is 11.1 Å². The van der Waals surface area contributed by atoms with Crippen LogP contribution in [0, 0.1) is 5.92 Å². The molecule has 1 fully saturated rings. The lowest BCUT2D eigenvalue weighted by molar-refractivity contribution is 0.425. The van der Waals surface area contributed by atoms with Crippen LogP contribution in [0.4, 0.5) is 0 Å². The number of nitrogens with two attached hydrogens (primary N) is 1. The summed E-state index contributed by atoms with van der Waals surface area (Å²) in [4.78, 5) is 0. The monoisotopic (exact) mass is 260 g/mol. The molecular weight excluding hydrogens is 247 g/mol. The molecule has 2 atom stereocenters. The highest BCUT2D eigenvalue weighted by molar-refractivity contribution is 6.42. The van der Waals surface area contributed by atoms with Crippen molar-refractivity contribution in [2.24, 2.45) is 11.7 Å². The SMILES string of the molecule is N[C@@H](c1cc(Cl)c(Cl)cc1O)[C@@H]1CCNC1. The van der Waals surface area contributed by atoms with E-state index >= 15 is 0 Å². The number of hydrogen-bond acceptors (Lipinski definition) is 3. The normalized spacial score (nSPS) is 22.3. The summed E-state index contributed by atoms with van der Waals surface area (Å²) in [6.45, 7) is 1.85. The predicted octanol–water partition coefficient (Wildman–Crippen LogP) is 2.31. The maximum absolute atomic E-state index is 9.80. The standard InChI is InChI=1S/C11H14Cl2N2O/c12-8-3-7(10(16)4-9(8)13)11(14)6-1-2-15-5-6/h3-4,6,11,15-16H,1-2,5,14H2/t6-,11-/m1/s1. The fraction of sp³-hybridized carbons (Fsp3) is 0.455. The quantitative estimate of drug-likeness (QED) is 0.765. The van der Waals surface area contributed by atoms with E-state index in [0.717, 1.165) is 19.5 Å². The Bertz CT molecular complexity index is 392. The Morgan fingerprint density at radius 1 is 1.38 bits per heavy atom. The second kappa shape index (κ2) is 4.80. The summed E-state index contributed by atoms with van der Waals surface area (Å²) in [5.74, 6) is 0.456. The van der Waals surface area contributed by atoms with Crippen LogP contribution in [0.2, 0.25) is 10.0 Å². The van der Waals surface area contributed by atoms with Crippen molar-refractivity contribution in [2.75, 3.05) is 13.1 Å². The number of hydrogen-bond donors (Lipinski definition) is 3. The molecule has 3 nitrogen and oxygen atoms in total. The van der Waals surface area contributed by atoms with Crippen LogP contribution in [0.1, 0.15) is 18.0 Å². The summed E-state index contributed by atoms with van der Waals surface area (Å²) in [5.41, 5.74) is 6.79. The number of phenols is 1. The molecule has 0 amide bonds. The summed E-state index contributed by atoms with van der Waals surface area (Å²) < 4.78 is 0. The van der Waals surface area contributed by atoms with Gasteiger partial charge in [0.05, 0.1) is 10.0 Å². The largest absolute Gasteiger partial charge is 0.508 e. The average molecular weight is 261 g/mol. The van der Waals surface area contributed by atoms with Crippen molar-refractivity contribution < 1.29 is 5.11 Å². The van der Waals surface area contributed by atoms with Crippen LogP contribution in [0.25, 0.3) is 0 Å². The molecule has 0 aromatic heterocycles. The van der Waals surface area contributed by atoms with Gasteiger partial charge in [0.15, 0.2) is 0 Å². The molecule has 88 valence electrons. The number of nitrogens with one attached hydrogen (secondary N) is 1. The van der Waals surface area contributed by atoms with Gasteiger partial charge in [0.1, 0.15) is 5.75 Å². The van der Waals surface area contributed by atoms with Crippen molar-refractivity contribution >= 4 is 23.2 Å². The van der Waals surface area contributed by atoms with Gasteiger partial charge in [-0.05, 0) is 31.5 Å². The second-order valence-corrected chi connectivity index (χ2v) is 4.92.